The number of aliphatic imine (C=N–C) groups is 1. The Balaban J connectivity index is 1.98. The summed E-state index contributed by atoms with van der Waals surface area (Å²) in [6, 6.07) is 7.55. The van der Waals surface area contributed by atoms with Crippen molar-refractivity contribution in [3.8, 4) is 0 Å². The molecule has 1 aromatic carbocycles. The molecule has 9 heteroatoms. The highest BCUT2D eigenvalue weighted by Gasteiger charge is 2.49. The zero-order chi connectivity index (χ0) is 17.5. The van der Waals surface area contributed by atoms with Gasteiger partial charge in [0, 0.05) is 30.7 Å². The van der Waals surface area contributed by atoms with E-state index in [4.69, 9.17) is 11.6 Å². The maximum Gasteiger partial charge on any atom is 0.262 e. The van der Waals surface area contributed by atoms with Crippen LogP contribution in [0.4, 0.5) is 11.4 Å². The third-order valence-corrected chi connectivity index (χ3v) is 7.48. The third-order valence-electron chi connectivity index (χ3n) is 4.05. The van der Waals surface area contributed by atoms with Gasteiger partial charge in [-0.3, -0.25) is 4.79 Å². The average molecular weight is 388 g/mol. The van der Waals surface area contributed by atoms with Gasteiger partial charge in [-0.2, -0.15) is 4.99 Å². The van der Waals surface area contributed by atoms with Crippen LogP contribution in [0.25, 0.3) is 0 Å². The molecule has 0 aliphatic carbocycles. The van der Waals surface area contributed by atoms with Crippen molar-refractivity contribution in [2.75, 3.05) is 41.3 Å². The number of nitrogens with zero attached hydrogens (tertiary/aromatic N) is 3. The fourth-order valence-electron chi connectivity index (χ4n) is 2.91. The summed E-state index contributed by atoms with van der Waals surface area (Å²) in [4.78, 5) is 19.6. The fraction of sp³-hybridized carbons (Fsp3) is 0.467. The van der Waals surface area contributed by atoms with E-state index in [0.717, 1.165) is 11.4 Å². The molecule has 0 bridgehead atoms. The van der Waals surface area contributed by atoms with Gasteiger partial charge < -0.3 is 9.80 Å². The summed E-state index contributed by atoms with van der Waals surface area (Å²) < 4.78 is 23.9. The molecule has 0 aromatic heterocycles. The lowest BCUT2D eigenvalue weighted by Crippen LogP contribution is -2.37. The number of thioether (sulfide) groups is 1. The molecule has 6 nitrogen and oxygen atoms in total. The Morgan fingerprint density at radius 2 is 2.00 bits per heavy atom. The van der Waals surface area contributed by atoms with Gasteiger partial charge in [-0.1, -0.05) is 11.8 Å². The Bertz CT molecular complexity index is 778. The maximum absolute atomic E-state index is 12.0. The van der Waals surface area contributed by atoms with Crippen LogP contribution in [-0.2, 0) is 14.6 Å². The summed E-state index contributed by atoms with van der Waals surface area (Å²) in [7, 11) is 0.839. The molecular formula is C15H18ClN3O3S2. The normalized spacial score (nSPS) is 26.6. The smallest absolute Gasteiger partial charge is 0.262 e. The van der Waals surface area contributed by atoms with E-state index in [1.165, 1.54) is 11.8 Å². The number of halogens is 1. The average Bonchev–Trinajstić information content (AvgIpc) is 2.98. The summed E-state index contributed by atoms with van der Waals surface area (Å²) in [5.41, 5.74) is 1.87. The zero-order valence-electron chi connectivity index (χ0n) is 13.3. The summed E-state index contributed by atoms with van der Waals surface area (Å²) in [5, 5.41) is 0.425. The molecule has 2 heterocycles. The Labute approximate surface area is 150 Å². The molecule has 0 N–H and O–H groups in total. The topological polar surface area (TPSA) is 70.0 Å². The van der Waals surface area contributed by atoms with E-state index in [9.17, 15) is 13.2 Å². The van der Waals surface area contributed by atoms with Gasteiger partial charge in [0.25, 0.3) is 5.91 Å². The lowest BCUT2D eigenvalue weighted by molar-refractivity contribution is -0.115. The minimum Gasteiger partial charge on any atom is -0.378 e. The largest absolute Gasteiger partial charge is 0.378 e. The van der Waals surface area contributed by atoms with Crippen molar-refractivity contribution < 1.29 is 13.2 Å². The van der Waals surface area contributed by atoms with Crippen molar-refractivity contribution in [3.05, 3.63) is 24.3 Å². The Kier molecular flexibility index (Phi) is 4.81. The minimum atomic E-state index is -3.06. The van der Waals surface area contributed by atoms with E-state index in [0.29, 0.717) is 5.17 Å². The quantitative estimate of drug-likeness (QED) is 0.733. The second-order valence-corrected chi connectivity index (χ2v) is 9.63. The zero-order valence-corrected chi connectivity index (χ0v) is 15.7. The van der Waals surface area contributed by atoms with Gasteiger partial charge in [0.2, 0.25) is 0 Å². The van der Waals surface area contributed by atoms with E-state index in [-0.39, 0.29) is 28.7 Å². The predicted octanol–water partition coefficient (Wildman–Crippen LogP) is 1.59. The van der Waals surface area contributed by atoms with Crippen LogP contribution in [0.3, 0.4) is 0 Å². The van der Waals surface area contributed by atoms with Crippen molar-refractivity contribution in [3.63, 3.8) is 0 Å². The van der Waals surface area contributed by atoms with E-state index >= 15 is 0 Å². The van der Waals surface area contributed by atoms with Crippen LogP contribution in [-0.4, -0.2) is 62.3 Å². The molecule has 2 saturated heterocycles. The van der Waals surface area contributed by atoms with Crippen LogP contribution in [0.1, 0.15) is 0 Å². The fourth-order valence-corrected chi connectivity index (χ4v) is 6.91. The molecule has 0 saturated carbocycles. The Morgan fingerprint density at radius 1 is 1.33 bits per heavy atom. The number of hydrogen-bond acceptors (Lipinski definition) is 5. The molecule has 2 atom stereocenters. The van der Waals surface area contributed by atoms with E-state index in [1.54, 1.807) is 0 Å². The molecule has 2 aliphatic rings. The van der Waals surface area contributed by atoms with Gasteiger partial charge in [-0.05, 0) is 24.3 Å². The van der Waals surface area contributed by atoms with Crippen LogP contribution in [0.2, 0.25) is 0 Å². The van der Waals surface area contributed by atoms with Crippen molar-refractivity contribution in [1.82, 2.24) is 0 Å². The number of amides is 1. The van der Waals surface area contributed by atoms with Gasteiger partial charge in [-0.25, -0.2) is 8.42 Å². The minimum absolute atomic E-state index is 0.0776. The molecule has 3 rings (SSSR count). The molecular weight excluding hydrogens is 370 g/mol. The highest BCUT2D eigenvalue weighted by atomic mass is 35.5. The van der Waals surface area contributed by atoms with Crippen molar-refractivity contribution in [1.29, 1.82) is 0 Å². The first-order valence-electron chi connectivity index (χ1n) is 7.42. The first-order valence-corrected chi connectivity index (χ1v) is 10.7. The third kappa shape index (κ3) is 3.41. The van der Waals surface area contributed by atoms with Crippen molar-refractivity contribution >= 4 is 55.6 Å². The van der Waals surface area contributed by atoms with Crippen LogP contribution < -0.4 is 9.80 Å². The van der Waals surface area contributed by atoms with Gasteiger partial charge in [0.1, 0.15) is 5.88 Å². The molecule has 130 valence electrons. The number of benzene rings is 1. The van der Waals surface area contributed by atoms with Gasteiger partial charge in [0.05, 0.1) is 17.5 Å². The number of anilines is 2. The number of hydrogen-bond donors (Lipinski definition) is 0. The molecule has 2 unspecified atom stereocenters. The second-order valence-electron chi connectivity index (χ2n) is 6.00. The van der Waals surface area contributed by atoms with Crippen LogP contribution in [0.15, 0.2) is 29.3 Å². The monoisotopic (exact) mass is 387 g/mol. The lowest BCUT2D eigenvalue weighted by atomic mass is 10.2. The Hall–Kier alpha value is -1.25. The molecule has 2 fully saturated rings. The number of rotatable bonds is 3. The van der Waals surface area contributed by atoms with E-state index < -0.39 is 15.7 Å². The van der Waals surface area contributed by atoms with Crippen LogP contribution in [0, 0.1) is 0 Å². The van der Waals surface area contributed by atoms with Crippen LogP contribution in [0.5, 0.6) is 0 Å². The van der Waals surface area contributed by atoms with Crippen LogP contribution >= 0.6 is 23.4 Å². The summed E-state index contributed by atoms with van der Waals surface area (Å²) in [6.07, 6.45) is 0. The number of sulfone groups is 1. The van der Waals surface area contributed by atoms with Gasteiger partial charge in [-0.15, -0.1) is 11.6 Å². The van der Waals surface area contributed by atoms with Crippen molar-refractivity contribution in [2.45, 2.75) is 11.3 Å². The molecule has 1 aromatic rings. The van der Waals surface area contributed by atoms with E-state index in [1.807, 2.05) is 48.2 Å². The highest BCUT2D eigenvalue weighted by molar-refractivity contribution is 8.16. The Morgan fingerprint density at radius 3 is 2.58 bits per heavy atom. The maximum atomic E-state index is 12.0. The summed E-state index contributed by atoms with van der Waals surface area (Å²) in [6.45, 7) is 0. The number of amidine groups is 1. The number of carbonyl (C=O) groups excluding carboxylic acids is 1. The number of carbonyl (C=O) groups is 1. The van der Waals surface area contributed by atoms with Gasteiger partial charge in [0.15, 0.2) is 15.0 Å². The molecule has 1 amide bonds. The molecule has 0 spiro atoms. The number of fused-ring (bicyclic) bond motifs is 1. The molecule has 0 radical (unpaired) electrons. The standard InChI is InChI=1S/C15H18ClN3O3S2/c1-18(2)10-3-5-11(6-4-10)19-12-8-24(21,22)9-13(12)23-15(19)17-14(20)7-16/h3-6,12-13H,7-9H2,1-2H3. The number of alkyl halides is 1. The molecule has 2 aliphatic heterocycles. The molecule has 24 heavy (non-hydrogen) atoms. The lowest BCUT2D eigenvalue weighted by Gasteiger charge is -2.25. The summed E-state index contributed by atoms with van der Waals surface area (Å²) in [5.74, 6) is -0.418. The highest BCUT2D eigenvalue weighted by Crippen LogP contribution is 2.41. The summed E-state index contributed by atoms with van der Waals surface area (Å²) >= 11 is 6.91. The first kappa shape index (κ1) is 17.6. The first-order chi connectivity index (χ1) is 11.3. The van der Waals surface area contributed by atoms with Gasteiger partial charge >= 0.3 is 0 Å². The SMILES string of the molecule is CN(C)c1ccc(N2C(=NC(=O)CCl)SC3CS(=O)(=O)CC32)cc1. The predicted molar refractivity (Wildman–Crippen MR) is 100 cm³/mol. The van der Waals surface area contributed by atoms with E-state index in [2.05, 4.69) is 4.99 Å². The second kappa shape index (κ2) is 6.57. The van der Waals surface area contributed by atoms with Crippen molar-refractivity contribution in [2.24, 2.45) is 4.99 Å².